The number of ether oxygens (including phenoxy) is 1. The van der Waals surface area contributed by atoms with Gasteiger partial charge in [-0.25, -0.2) is 0 Å². The maximum atomic E-state index is 9.60. The Bertz CT molecular complexity index is 459. The summed E-state index contributed by atoms with van der Waals surface area (Å²) < 4.78 is 6.95. The minimum absolute atomic E-state index is 0.318. The lowest BCUT2D eigenvalue weighted by molar-refractivity contribution is -0.138. The monoisotopic (exact) mass is 352 g/mol. The van der Waals surface area contributed by atoms with E-state index in [0.717, 1.165) is 9.22 Å². The molecular weight excluding hydrogens is 339 g/mol. The van der Waals surface area contributed by atoms with Crippen molar-refractivity contribution in [2.24, 2.45) is 0 Å². The summed E-state index contributed by atoms with van der Waals surface area (Å²) in [5, 5.41) is 9.01. The van der Waals surface area contributed by atoms with Gasteiger partial charge in [0, 0.05) is 0 Å². The van der Waals surface area contributed by atoms with E-state index in [1.807, 2.05) is 32.2 Å². The third-order valence-electron chi connectivity index (χ3n) is 1.52. The number of hydrogen-bond donors (Lipinski definition) is 1. The number of aromatic amines is 1. The van der Waals surface area contributed by atoms with Crippen LogP contribution in [-0.4, -0.2) is 22.3 Å². The number of H-pyrrole nitrogens is 1. The Labute approximate surface area is 112 Å². The van der Waals surface area contributed by atoms with Crippen molar-refractivity contribution < 1.29 is 9.53 Å². The van der Waals surface area contributed by atoms with Crippen molar-refractivity contribution in [3.63, 3.8) is 0 Å². The quantitative estimate of drug-likeness (QED) is 0.634. The molecule has 0 saturated heterocycles. The van der Waals surface area contributed by atoms with E-state index in [1.165, 1.54) is 4.70 Å². The second-order valence-electron chi connectivity index (χ2n) is 4.00. The van der Waals surface area contributed by atoms with E-state index >= 15 is 0 Å². The lowest BCUT2D eigenvalue weighted by Gasteiger charge is -2.14. The molecule has 2 heterocycles. The Morgan fingerprint density at radius 2 is 2.25 bits per heavy atom. The zero-order valence-corrected chi connectivity index (χ0v) is 12.3. The van der Waals surface area contributed by atoms with Crippen LogP contribution in [0.25, 0.3) is 10.2 Å². The molecule has 4 nitrogen and oxygen atoms in total. The van der Waals surface area contributed by atoms with Crippen molar-refractivity contribution in [3.8, 4) is 0 Å². The topological polar surface area (TPSA) is 55.0 Å². The molecule has 88 valence electrons. The van der Waals surface area contributed by atoms with E-state index in [0.29, 0.717) is 6.47 Å². The summed E-state index contributed by atoms with van der Waals surface area (Å²) in [5.41, 5.74) is 0.756. The molecule has 0 aliphatic rings. The number of hydrogen-bond acceptors (Lipinski definition) is 4. The summed E-state index contributed by atoms with van der Waals surface area (Å²) in [6.45, 7) is 5.92. The summed E-state index contributed by atoms with van der Waals surface area (Å²) in [4.78, 5) is 9.60. The number of carbonyl (C=O) groups is 1. The van der Waals surface area contributed by atoms with Crippen LogP contribution in [0.5, 0.6) is 0 Å². The van der Waals surface area contributed by atoms with Crippen LogP contribution in [0.4, 0.5) is 0 Å². The number of carbonyl (C=O) groups excluding carboxylic acids is 1. The number of nitrogens with zero attached hydrogens (tertiary/aromatic N) is 1. The molecule has 0 unspecified atom stereocenters. The fraction of sp³-hybridized carbons (Fsp3) is 0.400. The van der Waals surface area contributed by atoms with Gasteiger partial charge in [0.25, 0.3) is 6.47 Å². The van der Waals surface area contributed by atoms with Gasteiger partial charge in [0.15, 0.2) is 0 Å². The average Bonchev–Trinajstić information content (AvgIpc) is 2.70. The van der Waals surface area contributed by atoms with Gasteiger partial charge in [-0.2, -0.15) is 5.10 Å². The Balaban J connectivity index is 0.000000168. The van der Waals surface area contributed by atoms with Crippen molar-refractivity contribution in [1.29, 1.82) is 0 Å². The number of halogens is 1. The van der Waals surface area contributed by atoms with Gasteiger partial charge in [-0.1, -0.05) is 0 Å². The number of nitrogens with one attached hydrogen (secondary N) is 1. The highest BCUT2D eigenvalue weighted by Crippen LogP contribution is 2.22. The molecule has 0 fully saturated rings. The van der Waals surface area contributed by atoms with E-state index in [9.17, 15) is 4.79 Å². The van der Waals surface area contributed by atoms with Gasteiger partial charge in [0.05, 0.1) is 4.70 Å². The molecule has 0 aliphatic heterocycles. The van der Waals surface area contributed by atoms with Crippen LogP contribution in [0.2, 0.25) is 0 Å². The van der Waals surface area contributed by atoms with Crippen molar-refractivity contribution >= 4 is 50.6 Å². The van der Waals surface area contributed by atoms with Gasteiger partial charge in [0.2, 0.25) is 0 Å². The van der Waals surface area contributed by atoms with Gasteiger partial charge in [0.1, 0.15) is 14.8 Å². The normalized spacial score (nSPS) is 10.8. The summed E-state index contributed by atoms with van der Waals surface area (Å²) in [6, 6.07) is 2.01. The second-order valence-corrected chi connectivity index (χ2v) is 5.99. The number of thiophene rings is 1. The summed E-state index contributed by atoms with van der Waals surface area (Å²) in [6.07, 6.45) is 0. The second kappa shape index (κ2) is 5.62. The smallest absolute Gasteiger partial charge is 0.293 e. The molecule has 0 aromatic carbocycles. The van der Waals surface area contributed by atoms with Crippen LogP contribution in [0, 0.1) is 3.70 Å². The predicted molar refractivity (Wildman–Crippen MR) is 73.6 cm³/mol. The fourth-order valence-corrected chi connectivity index (χ4v) is 2.35. The third-order valence-corrected chi connectivity index (χ3v) is 3.59. The molecule has 0 radical (unpaired) electrons. The van der Waals surface area contributed by atoms with Gasteiger partial charge < -0.3 is 4.74 Å². The first-order valence-corrected chi connectivity index (χ1v) is 6.58. The maximum Gasteiger partial charge on any atom is 0.293 e. The van der Waals surface area contributed by atoms with Crippen molar-refractivity contribution in [2.75, 3.05) is 0 Å². The van der Waals surface area contributed by atoms with Crippen molar-refractivity contribution in [1.82, 2.24) is 10.2 Å². The molecule has 0 amide bonds. The molecule has 2 aromatic heterocycles. The molecule has 0 atom stereocenters. The largest absolute Gasteiger partial charge is 0.462 e. The highest BCUT2D eigenvalue weighted by molar-refractivity contribution is 14.1. The Morgan fingerprint density at radius 3 is 2.69 bits per heavy atom. The van der Waals surface area contributed by atoms with E-state index in [1.54, 1.807) is 11.3 Å². The lowest BCUT2D eigenvalue weighted by Crippen LogP contribution is -2.17. The first-order valence-electron chi connectivity index (χ1n) is 4.62. The molecule has 6 heteroatoms. The Kier molecular flexibility index (Phi) is 4.72. The summed E-state index contributed by atoms with van der Waals surface area (Å²) in [5.74, 6) is 0. The molecular formula is C10H13IN2O2S. The number of fused-ring (bicyclic) bond motifs is 1. The maximum absolute atomic E-state index is 9.60. The van der Waals surface area contributed by atoms with Gasteiger partial charge in [-0.15, -0.1) is 11.3 Å². The highest BCUT2D eigenvalue weighted by Gasteiger charge is 2.07. The zero-order chi connectivity index (χ0) is 12.2. The van der Waals surface area contributed by atoms with Crippen LogP contribution in [0.15, 0.2) is 11.4 Å². The number of aromatic nitrogens is 2. The van der Waals surface area contributed by atoms with Crippen molar-refractivity contribution in [2.45, 2.75) is 26.4 Å². The molecule has 16 heavy (non-hydrogen) atoms. The van der Waals surface area contributed by atoms with Crippen LogP contribution in [-0.2, 0) is 9.53 Å². The SMILES string of the molecule is CC(C)(C)OC=O.Ic1[nH]nc2ccsc12. The Hall–Kier alpha value is -0.630. The van der Waals surface area contributed by atoms with Crippen molar-refractivity contribution in [3.05, 3.63) is 15.1 Å². The molecule has 1 N–H and O–H groups in total. The summed E-state index contributed by atoms with van der Waals surface area (Å²) >= 11 is 3.96. The first-order chi connectivity index (χ1) is 7.44. The molecule has 0 saturated carbocycles. The van der Waals surface area contributed by atoms with E-state index in [-0.39, 0.29) is 5.60 Å². The molecule has 2 rings (SSSR count). The van der Waals surface area contributed by atoms with Gasteiger partial charge in [-0.3, -0.25) is 9.89 Å². The minimum atomic E-state index is -0.318. The van der Waals surface area contributed by atoms with Gasteiger partial charge in [-0.05, 0) is 54.8 Å². The summed E-state index contributed by atoms with van der Waals surface area (Å²) in [7, 11) is 0. The average molecular weight is 352 g/mol. The van der Waals surface area contributed by atoms with Crippen LogP contribution in [0.3, 0.4) is 0 Å². The lowest BCUT2D eigenvalue weighted by atomic mass is 10.2. The standard InChI is InChI=1S/C5H3IN2S.C5H10O2/c6-5-4-3(7-8-5)1-2-9-4;1-5(2,3)7-4-6/h1-2H,(H,7,8);4H,1-3H3. The fourth-order valence-electron chi connectivity index (χ4n) is 0.859. The van der Waals surface area contributed by atoms with E-state index in [2.05, 4.69) is 37.5 Å². The zero-order valence-electron chi connectivity index (χ0n) is 9.28. The number of rotatable bonds is 1. The molecule has 0 aliphatic carbocycles. The van der Waals surface area contributed by atoms with Crippen LogP contribution >= 0.6 is 33.9 Å². The highest BCUT2D eigenvalue weighted by atomic mass is 127. The predicted octanol–water partition coefficient (Wildman–Crippen LogP) is 3.19. The van der Waals surface area contributed by atoms with E-state index in [4.69, 9.17) is 0 Å². The minimum Gasteiger partial charge on any atom is -0.462 e. The van der Waals surface area contributed by atoms with Crippen LogP contribution in [0.1, 0.15) is 20.8 Å². The molecule has 0 spiro atoms. The van der Waals surface area contributed by atoms with Crippen LogP contribution < -0.4 is 0 Å². The van der Waals surface area contributed by atoms with E-state index < -0.39 is 0 Å². The molecule has 0 bridgehead atoms. The third kappa shape index (κ3) is 4.09. The molecule has 2 aromatic rings. The Morgan fingerprint density at radius 1 is 1.56 bits per heavy atom. The first kappa shape index (κ1) is 13.4. The van der Waals surface area contributed by atoms with Gasteiger partial charge >= 0.3 is 0 Å².